The smallest absolute Gasteiger partial charge is 0.239 e. The van der Waals surface area contributed by atoms with Crippen LogP contribution in [0.2, 0.25) is 5.02 Å². The Morgan fingerprint density at radius 2 is 2.18 bits per heavy atom. The number of carbonyl (C=O) groups excluding carboxylic acids is 1. The van der Waals surface area contributed by atoms with E-state index in [9.17, 15) is 4.79 Å². The first-order valence-electron chi connectivity index (χ1n) is 4.86. The molecule has 0 spiro atoms. The molecule has 1 amide bonds. The van der Waals surface area contributed by atoms with Crippen LogP contribution in [0.4, 0.5) is 5.69 Å². The molecule has 0 unspecified atom stereocenters. The molecule has 1 heterocycles. The Hall–Kier alpha value is -1.52. The molecule has 6 heteroatoms. The van der Waals surface area contributed by atoms with Crippen LogP contribution in [0.25, 0.3) is 5.69 Å². The fourth-order valence-corrected chi connectivity index (χ4v) is 1.64. The van der Waals surface area contributed by atoms with Crippen LogP contribution in [-0.2, 0) is 4.79 Å². The third-order valence-electron chi connectivity index (χ3n) is 2.09. The van der Waals surface area contributed by atoms with Crippen molar-refractivity contribution in [2.75, 3.05) is 11.2 Å². The lowest BCUT2D eigenvalue weighted by Crippen LogP contribution is -2.11. The second-order valence-corrected chi connectivity index (χ2v) is 3.98. The summed E-state index contributed by atoms with van der Waals surface area (Å²) in [6.45, 7) is 0. The van der Waals surface area contributed by atoms with E-state index < -0.39 is 0 Å². The molecule has 1 N–H and O–H groups in total. The van der Waals surface area contributed by atoms with E-state index in [0.29, 0.717) is 10.7 Å². The van der Waals surface area contributed by atoms with Crippen molar-refractivity contribution in [2.45, 2.75) is 0 Å². The molecular weight excluding hydrogens is 261 g/mol. The van der Waals surface area contributed by atoms with Crippen molar-refractivity contribution in [1.82, 2.24) is 9.78 Å². The van der Waals surface area contributed by atoms with Gasteiger partial charge in [-0.2, -0.15) is 5.10 Å². The Kier molecular flexibility index (Phi) is 3.66. The van der Waals surface area contributed by atoms with Crippen LogP contribution < -0.4 is 5.32 Å². The monoisotopic (exact) mass is 269 g/mol. The van der Waals surface area contributed by atoms with E-state index in [4.69, 9.17) is 23.2 Å². The lowest BCUT2D eigenvalue weighted by Gasteiger charge is -2.02. The van der Waals surface area contributed by atoms with Crippen LogP contribution in [0.5, 0.6) is 0 Å². The highest BCUT2D eigenvalue weighted by molar-refractivity contribution is 6.32. The molecule has 0 atom stereocenters. The summed E-state index contributed by atoms with van der Waals surface area (Å²) in [5, 5.41) is 7.30. The molecule has 0 saturated carbocycles. The van der Waals surface area contributed by atoms with E-state index in [-0.39, 0.29) is 11.8 Å². The number of halogens is 2. The number of alkyl halides is 1. The van der Waals surface area contributed by atoms with Crippen molar-refractivity contribution in [3.05, 3.63) is 41.7 Å². The Labute approximate surface area is 108 Å². The zero-order valence-electron chi connectivity index (χ0n) is 8.73. The number of hydrogen-bond acceptors (Lipinski definition) is 2. The molecule has 0 aliphatic carbocycles. The lowest BCUT2D eigenvalue weighted by molar-refractivity contribution is -0.113. The van der Waals surface area contributed by atoms with Gasteiger partial charge in [-0.3, -0.25) is 4.79 Å². The second-order valence-electron chi connectivity index (χ2n) is 3.31. The van der Waals surface area contributed by atoms with Crippen molar-refractivity contribution in [2.24, 2.45) is 0 Å². The van der Waals surface area contributed by atoms with Crippen LogP contribution in [0, 0.1) is 0 Å². The third kappa shape index (κ3) is 2.78. The van der Waals surface area contributed by atoms with Crippen molar-refractivity contribution in [1.29, 1.82) is 0 Å². The fraction of sp³-hybridized carbons (Fsp3) is 0.0909. The molecule has 0 fully saturated rings. The van der Waals surface area contributed by atoms with Crippen LogP contribution in [0.1, 0.15) is 0 Å². The van der Waals surface area contributed by atoms with Crippen LogP contribution >= 0.6 is 23.2 Å². The molecule has 0 radical (unpaired) electrons. The van der Waals surface area contributed by atoms with Crippen molar-refractivity contribution in [3.8, 4) is 5.69 Å². The summed E-state index contributed by atoms with van der Waals surface area (Å²) in [6, 6.07) is 7.31. The number of rotatable bonds is 3. The number of amides is 1. The van der Waals surface area contributed by atoms with E-state index in [0.717, 1.165) is 5.69 Å². The van der Waals surface area contributed by atoms with Gasteiger partial charge in [0, 0.05) is 0 Å². The number of para-hydroxylation sites is 1. The Bertz CT molecular complexity index is 539. The lowest BCUT2D eigenvalue weighted by atomic mass is 10.3. The number of nitrogens with one attached hydrogen (secondary N) is 1. The minimum absolute atomic E-state index is 0.0860. The number of hydrogen-bond donors (Lipinski definition) is 1. The molecule has 0 aliphatic rings. The maximum absolute atomic E-state index is 11.1. The molecular formula is C11H9Cl2N3O. The Morgan fingerprint density at radius 3 is 2.88 bits per heavy atom. The quantitative estimate of drug-likeness (QED) is 0.871. The van der Waals surface area contributed by atoms with Gasteiger partial charge < -0.3 is 5.32 Å². The topological polar surface area (TPSA) is 46.9 Å². The summed E-state index contributed by atoms with van der Waals surface area (Å²) in [4.78, 5) is 11.1. The van der Waals surface area contributed by atoms with Gasteiger partial charge in [-0.05, 0) is 12.1 Å². The maximum Gasteiger partial charge on any atom is 0.239 e. The van der Waals surface area contributed by atoms with Crippen LogP contribution in [0.15, 0.2) is 36.7 Å². The standard InChI is InChI=1S/C11H9Cl2N3O/c12-5-11(17)15-8-6-14-16(7-8)10-4-2-1-3-9(10)13/h1-4,6-7H,5H2,(H,15,17). The van der Waals surface area contributed by atoms with E-state index in [2.05, 4.69) is 10.4 Å². The van der Waals surface area contributed by atoms with E-state index >= 15 is 0 Å². The first-order valence-corrected chi connectivity index (χ1v) is 5.77. The number of benzene rings is 1. The summed E-state index contributed by atoms with van der Waals surface area (Å²) in [5.74, 6) is -0.359. The molecule has 2 aromatic rings. The van der Waals surface area contributed by atoms with Gasteiger partial charge in [0.2, 0.25) is 5.91 Å². The number of carbonyl (C=O) groups is 1. The average molecular weight is 270 g/mol. The van der Waals surface area contributed by atoms with Gasteiger partial charge in [0.25, 0.3) is 0 Å². The molecule has 0 saturated heterocycles. The van der Waals surface area contributed by atoms with Gasteiger partial charge in [0.15, 0.2) is 0 Å². The summed E-state index contributed by atoms with van der Waals surface area (Å²) < 4.78 is 1.59. The first kappa shape index (κ1) is 12.0. The molecule has 17 heavy (non-hydrogen) atoms. The molecule has 0 bridgehead atoms. The molecule has 1 aromatic heterocycles. The Balaban J connectivity index is 2.24. The molecule has 2 rings (SSSR count). The minimum Gasteiger partial charge on any atom is -0.322 e. The summed E-state index contributed by atoms with van der Waals surface area (Å²) in [5.41, 5.74) is 1.33. The molecule has 0 aliphatic heterocycles. The number of nitrogens with zero attached hydrogens (tertiary/aromatic N) is 2. The molecule has 1 aromatic carbocycles. The van der Waals surface area contributed by atoms with Gasteiger partial charge in [-0.25, -0.2) is 4.68 Å². The van der Waals surface area contributed by atoms with Gasteiger partial charge in [0.1, 0.15) is 5.88 Å². The highest BCUT2D eigenvalue weighted by Crippen LogP contribution is 2.20. The van der Waals surface area contributed by atoms with Crippen molar-refractivity contribution in [3.63, 3.8) is 0 Å². The van der Waals surface area contributed by atoms with E-state index in [1.54, 1.807) is 16.9 Å². The number of anilines is 1. The first-order chi connectivity index (χ1) is 8.20. The highest BCUT2D eigenvalue weighted by atomic mass is 35.5. The Morgan fingerprint density at radius 1 is 1.41 bits per heavy atom. The van der Waals surface area contributed by atoms with Crippen LogP contribution in [-0.4, -0.2) is 21.6 Å². The third-order valence-corrected chi connectivity index (χ3v) is 2.65. The van der Waals surface area contributed by atoms with E-state index in [1.807, 2.05) is 18.2 Å². The second kappa shape index (κ2) is 5.21. The van der Waals surface area contributed by atoms with Crippen molar-refractivity contribution >= 4 is 34.8 Å². The predicted octanol–water partition coefficient (Wildman–Crippen LogP) is 2.70. The zero-order valence-corrected chi connectivity index (χ0v) is 10.2. The molecule has 88 valence electrons. The van der Waals surface area contributed by atoms with E-state index in [1.165, 1.54) is 6.20 Å². The summed E-state index contributed by atoms with van der Waals surface area (Å²) >= 11 is 11.4. The van der Waals surface area contributed by atoms with Gasteiger partial charge in [-0.1, -0.05) is 23.7 Å². The fourth-order valence-electron chi connectivity index (χ4n) is 1.35. The summed E-state index contributed by atoms with van der Waals surface area (Å²) in [6.07, 6.45) is 3.21. The summed E-state index contributed by atoms with van der Waals surface area (Å²) in [7, 11) is 0. The molecule has 4 nitrogen and oxygen atoms in total. The van der Waals surface area contributed by atoms with Crippen molar-refractivity contribution < 1.29 is 4.79 Å². The largest absolute Gasteiger partial charge is 0.322 e. The number of aromatic nitrogens is 2. The zero-order chi connectivity index (χ0) is 12.3. The van der Waals surface area contributed by atoms with Gasteiger partial charge in [-0.15, -0.1) is 11.6 Å². The van der Waals surface area contributed by atoms with Crippen LogP contribution in [0.3, 0.4) is 0 Å². The minimum atomic E-state index is -0.273. The van der Waals surface area contributed by atoms with Gasteiger partial charge >= 0.3 is 0 Å². The SMILES string of the molecule is O=C(CCl)Nc1cnn(-c2ccccc2Cl)c1. The maximum atomic E-state index is 11.1. The predicted molar refractivity (Wildman–Crippen MR) is 67.9 cm³/mol. The highest BCUT2D eigenvalue weighted by Gasteiger charge is 2.06. The van der Waals surface area contributed by atoms with Gasteiger partial charge in [0.05, 0.1) is 28.8 Å². The average Bonchev–Trinajstić information content (AvgIpc) is 2.78. The normalized spacial score (nSPS) is 10.2.